The minimum atomic E-state index is -4.36. The first-order chi connectivity index (χ1) is 17.1. The molecule has 188 valence electrons. The molecule has 0 saturated carbocycles. The number of rotatable bonds is 5. The molecule has 0 radical (unpaired) electrons. The highest BCUT2D eigenvalue weighted by Crippen LogP contribution is 2.32. The number of hydrogen-bond acceptors (Lipinski definition) is 4. The van der Waals surface area contributed by atoms with Crippen LogP contribution in [0.4, 0.5) is 18.0 Å². The van der Waals surface area contributed by atoms with Gasteiger partial charge in [-0.2, -0.15) is 13.2 Å². The summed E-state index contributed by atoms with van der Waals surface area (Å²) in [6.07, 6.45) is -4.36. The minimum Gasteiger partial charge on any atom is -0.319 e. The zero-order valence-corrected chi connectivity index (χ0v) is 19.9. The van der Waals surface area contributed by atoms with Crippen molar-refractivity contribution < 1.29 is 22.8 Å². The summed E-state index contributed by atoms with van der Waals surface area (Å²) in [5, 5.41) is 4.92. The Labute approximate surface area is 207 Å². The zero-order valence-electron chi connectivity index (χ0n) is 19.9. The van der Waals surface area contributed by atoms with Gasteiger partial charge in [-0.1, -0.05) is 54.6 Å². The number of urea groups is 1. The number of carbonyl (C=O) groups excluding carboxylic acids is 2. The van der Waals surface area contributed by atoms with E-state index in [1.165, 1.54) is 17.0 Å². The van der Waals surface area contributed by atoms with Gasteiger partial charge in [0.1, 0.15) is 5.54 Å². The van der Waals surface area contributed by atoms with Crippen LogP contribution in [0.3, 0.4) is 0 Å². The lowest BCUT2D eigenvalue weighted by atomic mass is 9.90. The van der Waals surface area contributed by atoms with Crippen LogP contribution in [0, 0.1) is 0 Å². The Morgan fingerprint density at radius 2 is 1.56 bits per heavy atom. The van der Waals surface area contributed by atoms with E-state index in [9.17, 15) is 22.8 Å². The number of nitrogens with zero attached hydrogens (tertiary/aromatic N) is 3. The van der Waals surface area contributed by atoms with Crippen molar-refractivity contribution in [1.82, 2.24) is 20.0 Å². The van der Waals surface area contributed by atoms with Crippen LogP contribution in [-0.4, -0.2) is 59.5 Å². The third kappa shape index (κ3) is 4.68. The highest BCUT2D eigenvalue weighted by Gasteiger charge is 2.49. The molecule has 5 rings (SSSR count). The molecule has 36 heavy (non-hydrogen) atoms. The summed E-state index contributed by atoms with van der Waals surface area (Å²) >= 11 is 0. The molecule has 0 aromatic heterocycles. The number of carbonyl (C=O) groups is 2. The molecule has 9 heteroatoms. The first-order valence-corrected chi connectivity index (χ1v) is 11.9. The van der Waals surface area contributed by atoms with Gasteiger partial charge in [0.2, 0.25) is 0 Å². The topological polar surface area (TPSA) is 55.9 Å². The number of hydrogen-bond donors (Lipinski definition) is 1. The lowest BCUT2D eigenvalue weighted by Crippen LogP contribution is -2.51. The van der Waals surface area contributed by atoms with Gasteiger partial charge in [-0.25, -0.2) is 9.69 Å². The maximum absolute atomic E-state index is 13.4. The van der Waals surface area contributed by atoms with Gasteiger partial charge in [-0.3, -0.25) is 14.6 Å². The van der Waals surface area contributed by atoms with Crippen molar-refractivity contribution in [3.63, 3.8) is 0 Å². The second-order valence-electron chi connectivity index (χ2n) is 9.58. The molecule has 2 aliphatic heterocycles. The molecular formula is C27H27F3N4O2. The predicted octanol–water partition coefficient (Wildman–Crippen LogP) is 4.40. The van der Waals surface area contributed by atoms with E-state index in [2.05, 4.69) is 10.2 Å². The number of alkyl halides is 3. The minimum absolute atomic E-state index is 0.172. The summed E-state index contributed by atoms with van der Waals surface area (Å²) < 4.78 is 39.0. The Kier molecular flexibility index (Phi) is 6.22. The van der Waals surface area contributed by atoms with E-state index in [1.54, 1.807) is 13.0 Å². The van der Waals surface area contributed by atoms with Crippen LogP contribution >= 0.6 is 0 Å². The molecule has 0 spiro atoms. The molecule has 2 aliphatic rings. The van der Waals surface area contributed by atoms with Crippen LogP contribution in [0.25, 0.3) is 10.8 Å². The van der Waals surface area contributed by atoms with E-state index < -0.39 is 23.3 Å². The Balaban J connectivity index is 1.21. The maximum atomic E-state index is 13.4. The van der Waals surface area contributed by atoms with Crippen LogP contribution in [0.1, 0.15) is 23.6 Å². The van der Waals surface area contributed by atoms with Crippen LogP contribution < -0.4 is 5.32 Å². The molecule has 0 aliphatic carbocycles. The smallest absolute Gasteiger partial charge is 0.319 e. The fourth-order valence-electron chi connectivity index (χ4n) is 4.91. The van der Waals surface area contributed by atoms with E-state index in [0.29, 0.717) is 38.3 Å². The van der Waals surface area contributed by atoms with Gasteiger partial charge in [0.15, 0.2) is 0 Å². The predicted molar refractivity (Wildman–Crippen MR) is 130 cm³/mol. The zero-order chi connectivity index (χ0) is 25.5. The summed E-state index contributed by atoms with van der Waals surface area (Å²) in [4.78, 5) is 31.5. The summed E-state index contributed by atoms with van der Waals surface area (Å²) in [5.74, 6) is -0.297. The van der Waals surface area contributed by atoms with E-state index >= 15 is 0 Å². The second kappa shape index (κ2) is 9.22. The molecule has 1 N–H and O–H groups in total. The highest BCUT2D eigenvalue weighted by atomic mass is 19.4. The molecule has 2 heterocycles. The van der Waals surface area contributed by atoms with Crippen molar-refractivity contribution in [2.75, 3.05) is 32.8 Å². The average Bonchev–Trinajstić information content (AvgIpc) is 3.08. The van der Waals surface area contributed by atoms with E-state index in [1.807, 2.05) is 47.4 Å². The van der Waals surface area contributed by atoms with Crippen LogP contribution in [-0.2, 0) is 23.1 Å². The summed E-state index contributed by atoms with van der Waals surface area (Å²) in [5.41, 5.74) is -0.454. The lowest BCUT2D eigenvalue weighted by Gasteiger charge is -2.36. The monoisotopic (exact) mass is 496 g/mol. The molecule has 0 bridgehead atoms. The lowest BCUT2D eigenvalue weighted by molar-refractivity contribution is -0.137. The Bertz CT molecular complexity index is 1300. The van der Waals surface area contributed by atoms with Crippen molar-refractivity contribution in [1.29, 1.82) is 0 Å². The van der Waals surface area contributed by atoms with Crippen molar-refractivity contribution >= 4 is 22.7 Å². The quantitative estimate of drug-likeness (QED) is 0.532. The number of fused-ring (bicyclic) bond motifs is 1. The van der Waals surface area contributed by atoms with Gasteiger partial charge < -0.3 is 5.32 Å². The number of piperazine rings is 1. The molecule has 6 nitrogen and oxygen atoms in total. The number of imide groups is 1. The number of amides is 3. The van der Waals surface area contributed by atoms with Crippen LogP contribution in [0.2, 0.25) is 0 Å². The maximum Gasteiger partial charge on any atom is 0.416 e. The average molecular weight is 497 g/mol. The Morgan fingerprint density at radius 1 is 0.861 bits per heavy atom. The Hall–Kier alpha value is -3.43. The van der Waals surface area contributed by atoms with E-state index in [4.69, 9.17) is 0 Å². The van der Waals surface area contributed by atoms with Gasteiger partial charge in [0, 0.05) is 32.7 Å². The molecule has 3 aromatic carbocycles. The summed E-state index contributed by atoms with van der Waals surface area (Å²) in [6.45, 7) is 4.77. The second-order valence-corrected chi connectivity index (χ2v) is 9.58. The van der Waals surface area contributed by atoms with Crippen LogP contribution in [0.15, 0.2) is 66.7 Å². The Morgan fingerprint density at radius 3 is 2.28 bits per heavy atom. The van der Waals surface area contributed by atoms with Crippen molar-refractivity contribution in [2.24, 2.45) is 0 Å². The number of halogens is 3. The third-order valence-corrected chi connectivity index (χ3v) is 7.07. The van der Waals surface area contributed by atoms with Gasteiger partial charge in [0.05, 0.1) is 12.2 Å². The molecule has 2 saturated heterocycles. The number of nitrogens with one attached hydrogen (secondary N) is 1. The fourth-order valence-corrected chi connectivity index (χ4v) is 4.91. The summed E-state index contributed by atoms with van der Waals surface area (Å²) in [7, 11) is 0. The molecule has 0 unspecified atom stereocenters. The third-order valence-electron chi connectivity index (χ3n) is 7.07. The van der Waals surface area contributed by atoms with Gasteiger partial charge >= 0.3 is 12.2 Å². The van der Waals surface area contributed by atoms with E-state index in [-0.39, 0.29) is 12.6 Å². The molecule has 3 amide bonds. The van der Waals surface area contributed by atoms with Crippen molar-refractivity contribution in [2.45, 2.75) is 25.2 Å². The largest absolute Gasteiger partial charge is 0.416 e. The first-order valence-electron chi connectivity index (χ1n) is 11.9. The van der Waals surface area contributed by atoms with Crippen LogP contribution in [0.5, 0.6) is 0 Å². The standard InChI is InChI=1S/C27H27F3N4O2/c1-26(22-10-9-20-6-2-3-7-21(20)16-22)24(35)34(25(36)31-26)18-33-13-11-32(12-14-33)17-19-5-4-8-23(15-19)27(28,29)30/h2-10,15-16H,11-14,17-18H2,1H3,(H,31,36)/t26-/m0/s1. The van der Waals surface area contributed by atoms with E-state index in [0.717, 1.165) is 22.4 Å². The van der Waals surface area contributed by atoms with Crippen molar-refractivity contribution in [3.8, 4) is 0 Å². The summed E-state index contributed by atoms with van der Waals surface area (Å²) in [6, 6.07) is 18.6. The highest BCUT2D eigenvalue weighted by molar-refractivity contribution is 6.07. The molecule has 2 fully saturated rings. The molecular weight excluding hydrogens is 469 g/mol. The van der Waals surface area contributed by atoms with Crippen molar-refractivity contribution in [3.05, 3.63) is 83.4 Å². The fraction of sp³-hybridized carbons (Fsp3) is 0.333. The molecule has 3 aromatic rings. The van der Waals surface area contributed by atoms with Gasteiger partial charge in [-0.05, 0) is 41.0 Å². The van der Waals surface area contributed by atoms with Gasteiger partial charge in [0.25, 0.3) is 5.91 Å². The first kappa shape index (κ1) is 24.3. The number of benzene rings is 3. The normalized spacial score (nSPS) is 21.8. The molecule has 1 atom stereocenters. The van der Waals surface area contributed by atoms with Gasteiger partial charge in [-0.15, -0.1) is 0 Å². The SMILES string of the molecule is C[C@@]1(c2ccc3ccccc3c2)NC(=O)N(CN2CCN(Cc3cccc(C(F)(F)F)c3)CC2)C1=O.